The molecular formula is C23H24N2O3. The van der Waals surface area contributed by atoms with Crippen molar-refractivity contribution in [1.82, 2.24) is 9.88 Å². The van der Waals surface area contributed by atoms with Crippen molar-refractivity contribution in [3.05, 3.63) is 71.4 Å². The van der Waals surface area contributed by atoms with Gasteiger partial charge in [0.2, 0.25) is 5.91 Å². The number of H-pyrrole nitrogens is 1. The van der Waals surface area contributed by atoms with E-state index in [4.69, 9.17) is 0 Å². The number of aliphatic carboxylic acids is 1. The van der Waals surface area contributed by atoms with Gasteiger partial charge in [-0.2, -0.15) is 0 Å². The molecule has 28 heavy (non-hydrogen) atoms. The smallest absolute Gasteiger partial charge is 0.308 e. The molecule has 0 aliphatic carbocycles. The molecule has 144 valence electrons. The van der Waals surface area contributed by atoms with E-state index in [0.29, 0.717) is 6.54 Å². The van der Waals surface area contributed by atoms with Crippen molar-refractivity contribution in [3.8, 4) is 0 Å². The van der Waals surface area contributed by atoms with Crippen LogP contribution < -0.4 is 0 Å². The number of likely N-dealkylation sites (tertiary alicyclic amines) is 1. The molecule has 0 bridgehead atoms. The van der Waals surface area contributed by atoms with Crippen LogP contribution in [0.3, 0.4) is 0 Å². The number of aryl methyl sites for hydroxylation is 1. The van der Waals surface area contributed by atoms with Gasteiger partial charge in [-0.05, 0) is 23.1 Å². The first-order valence-electron chi connectivity index (χ1n) is 9.71. The number of carboxylic acids is 1. The van der Waals surface area contributed by atoms with Gasteiger partial charge in [-0.3, -0.25) is 9.59 Å². The molecule has 1 amide bonds. The maximum absolute atomic E-state index is 13.0. The minimum atomic E-state index is -0.844. The van der Waals surface area contributed by atoms with E-state index in [-0.39, 0.29) is 24.8 Å². The monoisotopic (exact) mass is 376 g/mol. The predicted octanol–water partition coefficient (Wildman–Crippen LogP) is 3.60. The van der Waals surface area contributed by atoms with Gasteiger partial charge in [-0.15, -0.1) is 0 Å². The zero-order valence-electron chi connectivity index (χ0n) is 15.9. The fraction of sp³-hybridized carbons (Fsp3) is 0.304. The lowest BCUT2D eigenvalue weighted by Crippen LogP contribution is -2.31. The summed E-state index contributed by atoms with van der Waals surface area (Å²) in [5, 5.41) is 10.7. The molecule has 0 radical (unpaired) electrons. The molecule has 2 atom stereocenters. The molecule has 1 saturated heterocycles. The first-order valence-corrected chi connectivity index (χ1v) is 9.71. The van der Waals surface area contributed by atoms with Gasteiger partial charge < -0.3 is 15.0 Å². The van der Waals surface area contributed by atoms with E-state index in [1.54, 1.807) is 4.90 Å². The number of fused-ring (bicyclic) bond motifs is 1. The summed E-state index contributed by atoms with van der Waals surface area (Å²) in [5.41, 5.74) is 4.25. The standard InChI is InChI=1S/C23H24N2O3/c1-2-15-9-6-10-18-17(12-24-22(15)18)11-21(26)25-13-19(20(14-25)23(27)28)16-7-4-3-5-8-16/h3-10,12,19-20,24H,2,11,13-14H2,1H3,(H,27,28)/t19-,20-/m0/s1. The van der Waals surface area contributed by atoms with Crippen LogP contribution in [-0.2, 0) is 22.4 Å². The minimum absolute atomic E-state index is 0.0208. The van der Waals surface area contributed by atoms with Crippen molar-refractivity contribution in [2.75, 3.05) is 13.1 Å². The van der Waals surface area contributed by atoms with E-state index in [9.17, 15) is 14.7 Å². The van der Waals surface area contributed by atoms with Gasteiger partial charge in [-0.1, -0.05) is 55.5 Å². The summed E-state index contributed by atoms with van der Waals surface area (Å²) < 4.78 is 0. The highest BCUT2D eigenvalue weighted by Gasteiger charge is 2.40. The number of rotatable bonds is 5. The van der Waals surface area contributed by atoms with Crippen molar-refractivity contribution < 1.29 is 14.7 Å². The molecule has 0 spiro atoms. The average Bonchev–Trinajstić information content (AvgIpc) is 3.33. The van der Waals surface area contributed by atoms with Crippen LogP contribution in [0.1, 0.15) is 29.5 Å². The molecule has 0 unspecified atom stereocenters. The Hall–Kier alpha value is -3.08. The SMILES string of the molecule is CCc1cccc2c(CC(=O)N3C[C@H](C(=O)O)[C@H](c4ccccc4)C3)c[nH]c12. The van der Waals surface area contributed by atoms with Crippen LogP contribution in [-0.4, -0.2) is 40.0 Å². The molecule has 1 aliphatic rings. The number of nitrogens with zero attached hydrogens (tertiary/aromatic N) is 1. The molecule has 2 N–H and O–H groups in total. The average molecular weight is 376 g/mol. The fourth-order valence-electron chi connectivity index (χ4n) is 4.29. The van der Waals surface area contributed by atoms with E-state index in [0.717, 1.165) is 28.5 Å². The zero-order chi connectivity index (χ0) is 19.7. The molecule has 2 aromatic carbocycles. The number of carbonyl (C=O) groups excluding carboxylic acids is 1. The first-order chi connectivity index (χ1) is 13.6. The Bertz CT molecular complexity index is 1010. The van der Waals surface area contributed by atoms with Gasteiger partial charge in [0.25, 0.3) is 0 Å². The Morgan fingerprint density at radius 3 is 2.57 bits per heavy atom. The largest absolute Gasteiger partial charge is 0.481 e. The van der Waals surface area contributed by atoms with Crippen LogP contribution in [0.4, 0.5) is 0 Å². The molecule has 0 saturated carbocycles. The summed E-state index contributed by atoms with van der Waals surface area (Å²) in [5.74, 6) is -1.60. The van der Waals surface area contributed by atoms with E-state index in [1.807, 2.05) is 48.7 Å². The number of nitrogens with one attached hydrogen (secondary N) is 1. The van der Waals surface area contributed by atoms with Crippen molar-refractivity contribution in [3.63, 3.8) is 0 Å². The summed E-state index contributed by atoms with van der Waals surface area (Å²) in [6.07, 6.45) is 3.11. The van der Waals surface area contributed by atoms with Crippen molar-refractivity contribution in [1.29, 1.82) is 0 Å². The number of benzene rings is 2. The predicted molar refractivity (Wildman–Crippen MR) is 108 cm³/mol. The maximum Gasteiger partial charge on any atom is 0.308 e. The van der Waals surface area contributed by atoms with Gasteiger partial charge in [0.05, 0.1) is 12.3 Å². The van der Waals surface area contributed by atoms with Crippen LogP contribution >= 0.6 is 0 Å². The Balaban J connectivity index is 1.55. The van der Waals surface area contributed by atoms with E-state index in [2.05, 4.69) is 18.0 Å². The number of carboxylic acid groups (broad SMARTS) is 1. The Kier molecular flexibility index (Phi) is 4.90. The molecule has 5 heteroatoms. The van der Waals surface area contributed by atoms with Crippen LogP contribution in [0.2, 0.25) is 0 Å². The van der Waals surface area contributed by atoms with E-state index in [1.165, 1.54) is 5.56 Å². The third-order valence-corrected chi connectivity index (χ3v) is 5.83. The summed E-state index contributed by atoms with van der Waals surface area (Å²) in [6.45, 7) is 2.82. The molecule has 1 aliphatic heterocycles. The molecule has 5 nitrogen and oxygen atoms in total. The van der Waals surface area contributed by atoms with Crippen molar-refractivity contribution >= 4 is 22.8 Å². The highest BCUT2D eigenvalue weighted by Crippen LogP contribution is 2.33. The summed E-state index contributed by atoms with van der Waals surface area (Å²) in [6, 6.07) is 15.8. The number of aromatic nitrogens is 1. The van der Waals surface area contributed by atoms with Crippen LogP contribution in [0.15, 0.2) is 54.7 Å². The number of amides is 1. The number of para-hydroxylation sites is 1. The zero-order valence-corrected chi connectivity index (χ0v) is 15.9. The second kappa shape index (κ2) is 7.50. The summed E-state index contributed by atoms with van der Waals surface area (Å²) in [7, 11) is 0. The van der Waals surface area contributed by atoms with Gasteiger partial charge >= 0.3 is 5.97 Å². The second-order valence-corrected chi connectivity index (χ2v) is 7.44. The Labute approximate surface area is 164 Å². The molecular weight excluding hydrogens is 352 g/mol. The first kappa shape index (κ1) is 18.3. The fourth-order valence-corrected chi connectivity index (χ4v) is 4.29. The molecule has 1 fully saturated rings. The number of hydrogen-bond acceptors (Lipinski definition) is 2. The lowest BCUT2D eigenvalue weighted by Gasteiger charge is -2.16. The summed E-state index contributed by atoms with van der Waals surface area (Å²) >= 11 is 0. The lowest BCUT2D eigenvalue weighted by atomic mass is 9.89. The Morgan fingerprint density at radius 2 is 1.86 bits per heavy atom. The normalized spacial score (nSPS) is 19.2. The van der Waals surface area contributed by atoms with Crippen LogP contribution in [0.25, 0.3) is 10.9 Å². The van der Waals surface area contributed by atoms with E-state index >= 15 is 0 Å². The van der Waals surface area contributed by atoms with Gasteiger partial charge in [0, 0.05) is 36.1 Å². The molecule has 4 rings (SSSR count). The van der Waals surface area contributed by atoms with Gasteiger partial charge in [-0.25, -0.2) is 0 Å². The number of aromatic amines is 1. The molecule has 2 heterocycles. The third kappa shape index (κ3) is 3.28. The molecule has 1 aromatic heterocycles. The van der Waals surface area contributed by atoms with Gasteiger partial charge in [0.1, 0.15) is 0 Å². The second-order valence-electron chi connectivity index (χ2n) is 7.44. The highest BCUT2D eigenvalue weighted by atomic mass is 16.4. The molecule has 3 aromatic rings. The lowest BCUT2D eigenvalue weighted by molar-refractivity contribution is -0.141. The van der Waals surface area contributed by atoms with Crippen molar-refractivity contribution in [2.24, 2.45) is 5.92 Å². The van der Waals surface area contributed by atoms with Crippen molar-refractivity contribution in [2.45, 2.75) is 25.7 Å². The Morgan fingerprint density at radius 1 is 1.07 bits per heavy atom. The van der Waals surface area contributed by atoms with E-state index < -0.39 is 11.9 Å². The maximum atomic E-state index is 13.0. The topological polar surface area (TPSA) is 73.4 Å². The third-order valence-electron chi connectivity index (χ3n) is 5.83. The van der Waals surface area contributed by atoms with Crippen LogP contribution in [0, 0.1) is 5.92 Å². The minimum Gasteiger partial charge on any atom is -0.481 e. The number of carbonyl (C=O) groups is 2. The highest BCUT2D eigenvalue weighted by molar-refractivity contribution is 5.91. The van der Waals surface area contributed by atoms with Crippen LogP contribution in [0.5, 0.6) is 0 Å². The quantitative estimate of drug-likeness (QED) is 0.715. The van der Waals surface area contributed by atoms with Gasteiger partial charge in [0.15, 0.2) is 0 Å². The number of hydrogen-bond donors (Lipinski definition) is 2. The summed E-state index contributed by atoms with van der Waals surface area (Å²) in [4.78, 5) is 29.8.